The number of rotatable bonds is 5. The van der Waals surface area contributed by atoms with Gasteiger partial charge in [0.15, 0.2) is 0 Å². The van der Waals surface area contributed by atoms with E-state index in [0.717, 1.165) is 57.4 Å². The number of nitrogens with zero attached hydrogens (tertiary/aromatic N) is 2. The van der Waals surface area contributed by atoms with Gasteiger partial charge in [0, 0.05) is 50.2 Å². The fourth-order valence-electron chi connectivity index (χ4n) is 3.40. The summed E-state index contributed by atoms with van der Waals surface area (Å²) in [5, 5.41) is 3.06. The fraction of sp³-hybridized carbons (Fsp3) is 0.579. The van der Waals surface area contributed by atoms with Crippen LogP contribution in [0.25, 0.3) is 0 Å². The molecule has 1 aromatic carbocycles. The molecule has 0 bridgehead atoms. The van der Waals surface area contributed by atoms with Crippen LogP contribution in [0, 0.1) is 11.8 Å². The van der Waals surface area contributed by atoms with E-state index < -0.39 is 0 Å². The van der Waals surface area contributed by atoms with Gasteiger partial charge in [0.1, 0.15) is 0 Å². The smallest absolute Gasteiger partial charge is 0.225 e. The van der Waals surface area contributed by atoms with E-state index in [9.17, 15) is 9.59 Å². The minimum absolute atomic E-state index is 0.185. The second-order valence-electron chi connectivity index (χ2n) is 7.21. The summed E-state index contributed by atoms with van der Waals surface area (Å²) in [5.41, 5.74) is 2.35. The highest BCUT2D eigenvalue weighted by Crippen LogP contribution is 2.32. The minimum atomic E-state index is 0.185. The summed E-state index contributed by atoms with van der Waals surface area (Å²) in [6.45, 7) is 3.93. The molecule has 128 valence electrons. The van der Waals surface area contributed by atoms with Gasteiger partial charge >= 0.3 is 0 Å². The molecule has 0 atom stereocenters. The number of nitrogens with one attached hydrogen (secondary N) is 1. The molecule has 4 rings (SSSR count). The summed E-state index contributed by atoms with van der Waals surface area (Å²) in [6.07, 6.45) is 4.21. The second-order valence-corrected chi connectivity index (χ2v) is 7.21. The van der Waals surface area contributed by atoms with E-state index in [0.29, 0.717) is 18.4 Å². The molecule has 24 heavy (non-hydrogen) atoms. The fourth-order valence-corrected chi connectivity index (χ4v) is 3.40. The zero-order valence-electron chi connectivity index (χ0n) is 14.0. The van der Waals surface area contributed by atoms with Crippen LogP contribution in [0.3, 0.4) is 0 Å². The number of anilines is 1. The lowest BCUT2D eigenvalue weighted by Gasteiger charge is -2.37. The topological polar surface area (TPSA) is 52.7 Å². The first-order chi connectivity index (χ1) is 11.7. The average molecular weight is 327 g/mol. The van der Waals surface area contributed by atoms with Gasteiger partial charge in [0.25, 0.3) is 0 Å². The zero-order valence-corrected chi connectivity index (χ0v) is 14.0. The summed E-state index contributed by atoms with van der Waals surface area (Å²) >= 11 is 0. The molecule has 1 saturated heterocycles. The van der Waals surface area contributed by atoms with Gasteiger partial charge in [-0.05, 0) is 37.3 Å². The first-order valence-electron chi connectivity index (χ1n) is 9.12. The normalized spacial score (nSPS) is 20.8. The Bertz CT molecular complexity index is 629. The maximum atomic E-state index is 12.2. The van der Waals surface area contributed by atoms with Crippen LogP contribution in [0.2, 0.25) is 0 Å². The van der Waals surface area contributed by atoms with Crippen LogP contribution in [-0.2, 0) is 16.1 Å². The second kappa shape index (κ2) is 6.46. The first-order valence-corrected chi connectivity index (χ1v) is 9.12. The molecule has 3 aliphatic rings. The molecule has 1 N–H and O–H groups in total. The van der Waals surface area contributed by atoms with Gasteiger partial charge < -0.3 is 15.1 Å². The van der Waals surface area contributed by atoms with E-state index in [1.54, 1.807) is 0 Å². The van der Waals surface area contributed by atoms with Crippen LogP contribution in [0.15, 0.2) is 24.3 Å². The third-order valence-corrected chi connectivity index (χ3v) is 5.25. The van der Waals surface area contributed by atoms with Gasteiger partial charge in [0.2, 0.25) is 11.8 Å². The molecule has 1 heterocycles. The zero-order chi connectivity index (χ0) is 16.5. The van der Waals surface area contributed by atoms with Crippen molar-refractivity contribution in [3.63, 3.8) is 0 Å². The van der Waals surface area contributed by atoms with Gasteiger partial charge in [-0.2, -0.15) is 0 Å². The molecule has 2 aliphatic carbocycles. The van der Waals surface area contributed by atoms with Crippen molar-refractivity contribution in [3.8, 4) is 0 Å². The van der Waals surface area contributed by atoms with E-state index in [-0.39, 0.29) is 11.8 Å². The Morgan fingerprint density at radius 3 is 2.29 bits per heavy atom. The molecule has 3 fully saturated rings. The van der Waals surface area contributed by atoms with Crippen molar-refractivity contribution in [2.45, 2.75) is 32.2 Å². The van der Waals surface area contributed by atoms with Crippen LogP contribution < -0.4 is 10.2 Å². The van der Waals surface area contributed by atoms with Gasteiger partial charge in [-0.15, -0.1) is 0 Å². The number of carbonyl (C=O) groups excluding carboxylic acids is 2. The number of carbonyl (C=O) groups is 2. The summed E-state index contributed by atoms with van der Waals surface area (Å²) in [6, 6.07) is 8.28. The van der Waals surface area contributed by atoms with E-state index in [2.05, 4.69) is 22.3 Å². The average Bonchev–Trinajstić information content (AvgIpc) is 3.51. The van der Waals surface area contributed by atoms with Crippen molar-refractivity contribution in [2.24, 2.45) is 11.8 Å². The van der Waals surface area contributed by atoms with E-state index >= 15 is 0 Å². The Labute approximate surface area is 143 Å². The third-order valence-electron chi connectivity index (χ3n) is 5.25. The quantitative estimate of drug-likeness (QED) is 0.897. The van der Waals surface area contributed by atoms with Crippen LogP contribution in [-0.4, -0.2) is 42.9 Å². The highest BCUT2D eigenvalue weighted by molar-refractivity contribution is 5.81. The highest BCUT2D eigenvalue weighted by Gasteiger charge is 2.34. The molecule has 5 nitrogen and oxygen atoms in total. The minimum Gasteiger partial charge on any atom is -0.368 e. The Morgan fingerprint density at radius 1 is 0.958 bits per heavy atom. The van der Waals surface area contributed by atoms with Crippen LogP contribution in [0.4, 0.5) is 5.69 Å². The van der Waals surface area contributed by atoms with E-state index in [1.165, 1.54) is 5.69 Å². The molecule has 0 aromatic heterocycles. The standard InChI is InChI=1S/C19H25N3O2/c23-18(14-5-6-14)20-13-16-3-1-2-4-17(16)21-9-11-22(12-10-21)19(24)15-7-8-15/h1-4,14-15H,5-13H2,(H,20,23). The summed E-state index contributed by atoms with van der Waals surface area (Å²) in [4.78, 5) is 28.4. The summed E-state index contributed by atoms with van der Waals surface area (Å²) < 4.78 is 0. The van der Waals surface area contributed by atoms with Crippen molar-refractivity contribution in [1.29, 1.82) is 0 Å². The molecule has 2 amide bonds. The lowest BCUT2D eigenvalue weighted by atomic mass is 10.1. The molecule has 5 heteroatoms. The van der Waals surface area contributed by atoms with E-state index in [1.807, 2.05) is 17.0 Å². The summed E-state index contributed by atoms with van der Waals surface area (Å²) in [7, 11) is 0. The molecule has 0 radical (unpaired) electrons. The predicted octanol–water partition coefficient (Wildman–Crippen LogP) is 1.77. The Balaban J connectivity index is 1.37. The maximum absolute atomic E-state index is 12.2. The first kappa shape index (κ1) is 15.5. The highest BCUT2D eigenvalue weighted by atomic mass is 16.2. The lowest BCUT2D eigenvalue weighted by molar-refractivity contribution is -0.132. The van der Waals surface area contributed by atoms with Crippen molar-refractivity contribution < 1.29 is 9.59 Å². The SMILES string of the molecule is O=C(NCc1ccccc1N1CCN(C(=O)C2CC2)CC1)C1CC1. The molecular weight excluding hydrogens is 302 g/mol. The Kier molecular flexibility index (Phi) is 4.17. The number of amides is 2. The van der Waals surface area contributed by atoms with Gasteiger partial charge in [-0.1, -0.05) is 18.2 Å². The van der Waals surface area contributed by atoms with Gasteiger partial charge in [-0.3, -0.25) is 9.59 Å². The molecular formula is C19H25N3O2. The Hall–Kier alpha value is -2.04. The summed E-state index contributed by atoms with van der Waals surface area (Å²) in [5.74, 6) is 1.08. The Morgan fingerprint density at radius 2 is 1.62 bits per heavy atom. The maximum Gasteiger partial charge on any atom is 0.225 e. The van der Waals surface area contributed by atoms with Crippen LogP contribution in [0.1, 0.15) is 31.2 Å². The predicted molar refractivity (Wildman–Crippen MR) is 92.5 cm³/mol. The van der Waals surface area contributed by atoms with Gasteiger partial charge in [0.05, 0.1) is 0 Å². The number of para-hydroxylation sites is 1. The molecule has 1 aliphatic heterocycles. The van der Waals surface area contributed by atoms with Crippen LogP contribution in [0.5, 0.6) is 0 Å². The van der Waals surface area contributed by atoms with Crippen molar-refractivity contribution in [2.75, 3.05) is 31.1 Å². The van der Waals surface area contributed by atoms with Crippen molar-refractivity contribution >= 4 is 17.5 Å². The number of benzene rings is 1. The largest absolute Gasteiger partial charge is 0.368 e. The molecule has 2 saturated carbocycles. The molecule has 1 aromatic rings. The molecule has 0 spiro atoms. The van der Waals surface area contributed by atoms with Crippen LogP contribution >= 0.6 is 0 Å². The third kappa shape index (κ3) is 3.40. The van der Waals surface area contributed by atoms with E-state index in [4.69, 9.17) is 0 Å². The van der Waals surface area contributed by atoms with Crippen molar-refractivity contribution in [3.05, 3.63) is 29.8 Å². The number of piperazine rings is 1. The lowest BCUT2D eigenvalue weighted by Crippen LogP contribution is -2.49. The molecule has 0 unspecified atom stereocenters. The monoisotopic (exact) mass is 327 g/mol. The van der Waals surface area contributed by atoms with Crippen molar-refractivity contribution in [1.82, 2.24) is 10.2 Å². The number of hydrogen-bond donors (Lipinski definition) is 1. The van der Waals surface area contributed by atoms with Gasteiger partial charge in [-0.25, -0.2) is 0 Å². The number of hydrogen-bond acceptors (Lipinski definition) is 3.